The van der Waals surface area contributed by atoms with Gasteiger partial charge in [0, 0.05) is 4.47 Å². The van der Waals surface area contributed by atoms with Crippen LogP contribution in [0.15, 0.2) is 21.4 Å². The molecule has 0 bridgehead atoms. The van der Waals surface area contributed by atoms with Crippen LogP contribution in [0.3, 0.4) is 0 Å². The van der Waals surface area contributed by atoms with Gasteiger partial charge in [-0.25, -0.2) is 0 Å². The molecule has 0 aliphatic carbocycles. The topological polar surface area (TPSA) is 45.8 Å². The molecule has 72 valence electrons. The van der Waals surface area contributed by atoms with Gasteiger partial charge in [-0.3, -0.25) is 9.89 Å². The fraction of sp³-hybridized carbons (Fsp3) is 0.111. The van der Waals surface area contributed by atoms with Gasteiger partial charge in [0.1, 0.15) is 5.69 Å². The summed E-state index contributed by atoms with van der Waals surface area (Å²) < 4.78 is 0.743. The van der Waals surface area contributed by atoms with E-state index < -0.39 is 0 Å². The maximum absolute atomic E-state index is 11.6. The predicted molar refractivity (Wildman–Crippen MR) is 59.8 cm³/mol. The van der Waals surface area contributed by atoms with Crippen molar-refractivity contribution in [3.8, 4) is 0 Å². The minimum Gasteiger partial charge on any atom is -0.287 e. The van der Waals surface area contributed by atoms with Crippen LogP contribution in [0.5, 0.6) is 0 Å². The molecule has 0 saturated heterocycles. The number of aromatic amines is 1. The smallest absolute Gasteiger partial charge is 0.210 e. The summed E-state index contributed by atoms with van der Waals surface area (Å²) in [5.74, 6) is 0. The average molecular weight is 274 g/mol. The molecule has 3 nitrogen and oxygen atoms in total. The molecular weight excluding hydrogens is 267 g/mol. The molecular formula is C9H6BrClN2O. The van der Waals surface area contributed by atoms with Crippen molar-refractivity contribution in [1.82, 2.24) is 10.2 Å². The predicted octanol–water partition coefficient (Wildman–Crippen LogP) is 2.65. The van der Waals surface area contributed by atoms with Crippen molar-refractivity contribution in [3.63, 3.8) is 0 Å². The fourth-order valence-corrected chi connectivity index (χ4v) is 1.72. The number of hydrogen-bond acceptors (Lipinski definition) is 2. The third-order valence-corrected chi connectivity index (χ3v) is 3.17. The van der Waals surface area contributed by atoms with Crippen molar-refractivity contribution < 1.29 is 0 Å². The Hall–Kier alpha value is -0.870. The highest BCUT2D eigenvalue weighted by Crippen LogP contribution is 2.25. The first-order chi connectivity index (χ1) is 6.59. The summed E-state index contributed by atoms with van der Waals surface area (Å²) in [7, 11) is 0. The molecule has 14 heavy (non-hydrogen) atoms. The molecule has 0 atom stereocenters. The van der Waals surface area contributed by atoms with Gasteiger partial charge >= 0.3 is 0 Å². The van der Waals surface area contributed by atoms with Gasteiger partial charge < -0.3 is 0 Å². The molecule has 2 rings (SSSR count). The lowest BCUT2D eigenvalue weighted by atomic mass is 10.2. The number of aryl methyl sites for hydroxylation is 1. The highest BCUT2D eigenvalue weighted by atomic mass is 79.9. The quantitative estimate of drug-likeness (QED) is 0.802. The van der Waals surface area contributed by atoms with Crippen LogP contribution in [0.2, 0.25) is 5.02 Å². The monoisotopic (exact) mass is 272 g/mol. The van der Waals surface area contributed by atoms with Crippen molar-refractivity contribution in [2.24, 2.45) is 0 Å². The van der Waals surface area contributed by atoms with Crippen LogP contribution in [0, 0.1) is 6.92 Å². The molecule has 1 aromatic heterocycles. The molecule has 2 aromatic rings. The number of halogens is 2. The highest BCUT2D eigenvalue weighted by molar-refractivity contribution is 9.10. The largest absolute Gasteiger partial charge is 0.287 e. The standard InChI is InChI=1S/C9H6BrClN2O/c1-4-9(14)5-2-7(11)6(10)3-8(5)13-12-4/h2-3H,1H3,(H,13,14). The Morgan fingerprint density at radius 1 is 1.50 bits per heavy atom. The summed E-state index contributed by atoms with van der Waals surface area (Å²) in [4.78, 5) is 11.6. The zero-order chi connectivity index (χ0) is 10.3. The first kappa shape index (κ1) is 9.68. The van der Waals surface area contributed by atoms with E-state index in [1.54, 1.807) is 19.1 Å². The Labute approximate surface area is 93.2 Å². The summed E-state index contributed by atoms with van der Waals surface area (Å²) in [6.07, 6.45) is 0. The van der Waals surface area contributed by atoms with Crippen LogP contribution < -0.4 is 5.43 Å². The zero-order valence-corrected chi connectivity index (χ0v) is 9.61. The van der Waals surface area contributed by atoms with Gasteiger partial charge in [0.15, 0.2) is 0 Å². The summed E-state index contributed by atoms with van der Waals surface area (Å²) in [5.41, 5.74) is 1.03. The van der Waals surface area contributed by atoms with Crippen LogP contribution in [0.4, 0.5) is 0 Å². The number of benzene rings is 1. The highest BCUT2D eigenvalue weighted by Gasteiger charge is 2.06. The maximum Gasteiger partial charge on any atom is 0.210 e. The van der Waals surface area contributed by atoms with E-state index in [4.69, 9.17) is 11.6 Å². The Kier molecular flexibility index (Phi) is 2.33. The molecule has 0 aliphatic heterocycles. The number of rotatable bonds is 0. The van der Waals surface area contributed by atoms with Crippen molar-refractivity contribution in [3.05, 3.63) is 37.5 Å². The minimum atomic E-state index is -0.0897. The van der Waals surface area contributed by atoms with Crippen molar-refractivity contribution in [2.45, 2.75) is 6.92 Å². The van der Waals surface area contributed by atoms with E-state index in [1.807, 2.05) is 0 Å². The summed E-state index contributed by atoms with van der Waals surface area (Å²) in [5, 5.41) is 7.75. The Morgan fingerprint density at radius 3 is 2.93 bits per heavy atom. The van der Waals surface area contributed by atoms with Crippen LogP contribution >= 0.6 is 27.5 Å². The van der Waals surface area contributed by atoms with Gasteiger partial charge in [0.05, 0.1) is 15.9 Å². The van der Waals surface area contributed by atoms with E-state index in [9.17, 15) is 4.79 Å². The molecule has 1 N–H and O–H groups in total. The van der Waals surface area contributed by atoms with E-state index >= 15 is 0 Å². The molecule has 1 heterocycles. The number of aromatic nitrogens is 2. The first-order valence-electron chi connectivity index (χ1n) is 3.93. The van der Waals surface area contributed by atoms with Gasteiger partial charge in [0.2, 0.25) is 5.43 Å². The molecule has 0 aliphatic rings. The molecule has 1 aromatic carbocycles. The molecule has 0 unspecified atom stereocenters. The summed E-state index contributed by atoms with van der Waals surface area (Å²) in [6.45, 7) is 1.66. The number of nitrogens with one attached hydrogen (secondary N) is 1. The van der Waals surface area contributed by atoms with Crippen LogP contribution in [0.1, 0.15) is 5.69 Å². The normalized spacial score (nSPS) is 10.8. The lowest BCUT2D eigenvalue weighted by Gasteiger charge is -2.00. The van der Waals surface area contributed by atoms with Gasteiger partial charge in [-0.15, -0.1) is 0 Å². The van der Waals surface area contributed by atoms with Crippen LogP contribution in [-0.2, 0) is 0 Å². The fourth-order valence-electron chi connectivity index (χ4n) is 1.22. The number of nitrogens with zero attached hydrogens (tertiary/aromatic N) is 1. The number of hydrogen-bond donors (Lipinski definition) is 1. The molecule has 0 radical (unpaired) electrons. The molecule has 5 heteroatoms. The minimum absolute atomic E-state index is 0.0897. The van der Waals surface area contributed by atoms with E-state index in [1.165, 1.54) is 0 Å². The van der Waals surface area contributed by atoms with Crippen LogP contribution in [-0.4, -0.2) is 10.2 Å². The summed E-state index contributed by atoms with van der Waals surface area (Å²) >= 11 is 9.17. The summed E-state index contributed by atoms with van der Waals surface area (Å²) in [6, 6.07) is 3.37. The van der Waals surface area contributed by atoms with Crippen molar-refractivity contribution in [1.29, 1.82) is 0 Å². The third kappa shape index (κ3) is 1.44. The second kappa shape index (κ2) is 3.37. The maximum atomic E-state index is 11.6. The van der Waals surface area contributed by atoms with Crippen LogP contribution in [0.25, 0.3) is 10.9 Å². The van der Waals surface area contributed by atoms with Gasteiger partial charge in [0.25, 0.3) is 0 Å². The second-order valence-corrected chi connectivity index (χ2v) is 4.21. The Balaban J connectivity index is 2.97. The number of fused-ring (bicyclic) bond motifs is 1. The van der Waals surface area contributed by atoms with E-state index in [2.05, 4.69) is 26.1 Å². The SMILES string of the molecule is Cc1n[nH]c2cc(Br)c(Cl)cc2c1=O. The van der Waals surface area contributed by atoms with E-state index in [0.29, 0.717) is 21.6 Å². The lowest BCUT2D eigenvalue weighted by Crippen LogP contribution is -2.09. The van der Waals surface area contributed by atoms with Gasteiger partial charge in [-0.2, -0.15) is 5.10 Å². The van der Waals surface area contributed by atoms with E-state index in [-0.39, 0.29) is 5.43 Å². The van der Waals surface area contributed by atoms with E-state index in [0.717, 1.165) is 4.47 Å². The van der Waals surface area contributed by atoms with Gasteiger partial charge in [-0.1, -0.05) is 11.6 Å². The molecule has 0 saturated carbocycles. The zero-order valence-electron chi connectivity index (χ0n) is 7.27. The van der Waals surface area contributed by atoms with Crippen molar-refractivity contribution in [2.75, 3.05) is 0 Å². The van der Waals surface area contributed by atoms with Gasteiger partial charge in [-0.05, 0) is 35.0 Å². The average Bonchev–Trinajstić information content (AvgIpc) is 2.15. The van der Waals surface area contributed by atoms with Crippen molar-refractivity contribution >= 4 is 38.4 Å². The third-order valence-electron chi connectivity index (χ3n) is 1.98. The molecule has 0 fully saturated rings. The second-order valence-electron chi connectivity index (χ2n) is 2.95. The Morgan fingerprint density at radius 2 is 2.21 bits per heavy atom. The Bertz CT molecular complexity index is 564. The number of H-pyrrole nitrogens is 1. The first-order valence-corrected chi connectivity index (χ1v) is 5.10. The molecule has 0 spiro atoms. The molecule has 0 amide bonds. The lowest BCUT2D eigenvalue weighted by molar-refractivity contribution is 1.00.